The van der Waals surface area contributed by atoms with E-state index in [9.17, 15) is 8.78 Å². The van der Waals surface area contributed by atoms with Crippen molar-refractivity contribution in [3.8, 4) is 11.1 Å². The molecule has 0 radical (unpaired) electrons. The SMILES string of the molecule is CCCCCC1=CCC(/C=C/CCc2ccc(-c3ccc(CC)cc3)c(F)c2F)CC1. The summed E-state index contributed by atoms with van der Waals surface area (Å²) in [4.78, 5) is 0. The Hall–Kier alpha value is -2.22. The van der Waals surface area contributed by atoms with Crippen LogP contribution < -0.4 is 0 Å². The van der Waals surface area contributed by atoms with Crippen molar-refractivity contribution in [2.24, 2.45) is 5.92 Å². The Kier molecular flexibility index (Phi) is 9.06. The fourth-order valence-electron chi connectivity index (χ4n) is 4.37. The van der Waals surface area contributed by atoms with Crippen LogP contribution in [0.25, 0.3) is 11.1 Å². The number of hydrogen-bond donors (Lipinski definition) is 0. The Bertz CT molecular complexity index is 890. The van der Waals surface area contributed by atoms with Gasteiger partial charge in [0.05, 0.1) is 0 Å². The Morgan fingerprint density at radius 2 is 1.74 bits per heavy atom. The van der Waals surface area contributed by atoms with Gasteiger partial charge in [-0.1, -0.05) is 86.9 Å². The second-order valence-electron chi connectivity index (χ2n) is 8.77. The molecule has 1 atom stereocenters. The Morgan fingerprint density at radius 1 is 0.935 bits per heavy atom. The lowest BCUT2D eigenvalue weighted by atomic mass is 9.87. The van der Waals surface area contributed by atoms with Crippen LogP contribution in [0, 0.1) is 17.6 Å². The Balaban J connectivity index is 1.52. The number of allylic oxidation sites excluding steroid dienone is 4. The molecule has 0 saturated carbocycles. The number of halogens is 2. The molecule has 3 rings (SSSR count). The molecule has 1 unspecified atom stereocenters. The quantitative estimate of drug-likeness (QED) is 0.265. The van der Waals surface area contributed by atoms with Crippen LogP contribution in [-0.2, 0) is 12.8 Å². The first-order valence-corrected chi connectivity index (χ1v) is 12.0. The van der Waals surface area contributed by atoms with E-state index in [1.807, 2.05) is 24.3 Å². The number of unbranched alkanes of at least 4 members (excludes halogenated alkanes) is 2. The highest BCUT2D eigenvalue weighted by atomic mass is 19.2. The van der Waals surface area contributed by atoms with Crippen molar-refractivity contribution in [3.63, 3.8) is 0 Å². The summed E-state index contributed by atoms with van der Waals surface area (Å²) in [7, 11) is 0. The van der Waals surface area contributed by atoms with E-state index in [0.29, 0.717) is 23.5 Å². The molecule has 2 heteroatoms. The van der Waals surface area contributed by atoms with Crippen molar-refractivity contribution in [1.29, 1.82) is 0 Å². The van der Waals surface area contributed by atoms with E-state index in [-0.39, 0.29) is 0 Å². The van der Waals surface area contributed by atoms with Crippen LogP contribution in [0.4, 0.5) is 8.78 Å². The molecular formula is C29H36F2. The fourth-order valence-corrected chi connectivity index (χ4v) is 4.37. The molecule has 0 spiro atoms. The van der Waals surface area contributed by atoms with Gasteiger partial charge in [-0.05, 0) is 74.0 Å². The minimum atomic E-state index is -0.737. The van der Waals surface area contributed by atoms with Crippen molar-refractivity contribution in [2.75, 3.05) is 0 Å². The van der Waals surface area contributed by atoms with Crippen molar-refractivity contribution in [3.05, 3.63) is 83.0 Å². The fraction of sp³-hybridized carbons (Fsp3) is 0.448. The smallest absolute Gasteiger partial charge is 0.166 e. The molecule has 0 N–H and O–H groups in total. The van der Waals surface area contributed by atoms with E-state index in [1.165, 1.54) is 44.1 Å². The average molecular weight is 423 g/mol. The Morgan fingerprint density at radius 3 is 2.42 bits per heavy atom. The van der Waals surface area contributed by atoms with Gasteiger partial charge in [-0.15, -0.1) is 0 Å². The van der Waals surface area contributed by atoms with Crippen LogP contribution >= 0.6 is 0 Å². The maximum Gasteiger partial charge on any atom is 0.166 e. The highest BCUT2D eigenvalue weighted by Crippen LogP contribution is 2.29. The molecule has 0 saturated heterocycles. The van der Waals surface area contributed by atoms with Crippen molar-refractivity contribution >= 4 is 0 Å². The normalized spacial score (nSPS) is 16.6. The molecule has 0 nitrogen and oxygen atoms in total. The van der Waals surface area contributed by atoms with Gasteiger partial charge in [0.25, 0.3) is 0 Å². The van der Waals surface area contributed by atoms with Crippen LogP contribution in [0.5, 0.6) is 0 Å². The average Bonchev–Trinajstić information content (AvgIpc) is 2.80. The van der Waals surface area contributed by atoms with Gasteiger partial charge in [0.15, 0.2) is 11.6 Å². The third-order valence-corrected chi connectivity index (χ3v) is 6.47. The first kappa shape index (κ1) is 23.4. The summed E-state index contributed by atoms with van der Waals surface area (Å²) >= 11 is 0. The Labute approximate surface area is 187 Å². The molecule has 0 aliphatic heterocycles. The lowest BCUT2D eigenvalue weighted by Gasteiger charge is -2.19. The first-order valence-electron chi connectivity index (χ1n) is 12.0. The maximum atomic E-state index is 14.7. The second kappa shape index (κ2) is 12.0. The summed E-state index contributed by atoms with van der Waals surface area (Å²) < 4.78 is 29.3. The number of aryl methyl sites for hydroxylation is 2. The third kappa shape index (κ3) is 6.63. The van der Waals surface area contributed by atoms with Crippen LogP contribution in [0.1, 0.15) is 76.3 Å². The molecule has 1 aliphatic carbocycles. The van der Waals surface area contributed by atoms with Crippen LogP contribution in [0.3, 0.4) is 0 Å². The van der Waals surface area contributed by atoms with E-state index < -0.39 is 11.6 Å². The van der Waals surface area contributed by atoms with Crippen LogP contribution in [0.2, 0.25) is 0 Å². The zero-order valence-corrected chi connectivity index (χ0v) is 19.1. The predicted molar refractivity (Wildman–Crippen MR) is 128 cm³/mol. The van der Waals surface area contributed by atoms with E-state index in [0.717, 1.165) is 24.8 Å². The molecule has 166 valence electrons. The van der Waals surface area contributed by atoms with E-state index in [1.54, 1.807) is 17.7 Å². The molecule has 31 heavy (non-hydrogen) atoms. The number of benzene rings is 2. The number of hydrogen-bond acceptors (Lipinski definition) is 0. The molecular weight excluding hydrogens is 386 g/mol. The van der Waals surface area contributed by atoms with Gasteiger partial charge in [0.1, 0.15) is 0 Å². The summed E-state index contributed by atoms with van der Waals surface area (Å²) in [6, 6.07) is 11.1. The van der Waals surface area contributed by atoms with Gasteiger partial charge in [-0.2, -0.15) is 0 Å². The van der Waals surface area contributed by atoms with Gasteiger partial charge < -0.3 is 0 Å². The molecule has 0 bridgehead atoms. The molecule has 2 aromatic carbocycles. The minimum Gasteiger partial charge on any atom is -0.203 e. The largest absolute Gasteiger partial charge is 0.203 e. The van der Waals surface area contributed by atoms with Crippen LogP contribution in [0.15, 0.2) is 60.2 Å². The standard InChI is InChI=1S/C29H36F2/c1-3-5-6-9-23-12-14-24(15-13-23)10-7-8-11-26-20-21-27(29(31)28(26)30)25-18-16-22(4-2)17-19-25/h7,10,12,16-21,24H,3-6,8-9,11,13-15H2,1-2H3/b10-7+. The molecule has 1 aliphatic rings. The zero-order chi connectivity index (χ0) is 22.1. The summed E-state index contributed by atoms with van der Waals surface area (Å²) in [5.74, 6) is -0.855. The topological polar surface area (TPSA) is 0 Å². The predicted octanol–water partition coefficient (Wildman–Crippen LogP) is 8.99. The minimum absolute atomic E-state index is 0.336. The van der Waals surface area contributed by atoms with Gasteiger partial charge >= 0.3 is 0 Å². The highest BCUT2D eigenvalue weighted by Gasteiger charge is 2.15. The maximum absolute atomic E-state index is 14.7. The van der Waals surface area contributed by atoms with Gasteiger partial charge in [0, 0.05) is 5.56 Å². The van der Waals surface area contributed by atoms with E-state index >= 15 is 0 Å². The van der Waals surface area contributed by atoms with Gasteiger partial charge in [-0.25, -0.2) is 8.78 Å². The molecule has 0 heterocycles. The summed E-state index contributed by atoms with van der Waals surface area (Å²) in [5, 5.41) is 0. The summed E-state index contributed by atoms with van der Waals surface area (Å²) in [6.07, 6.45) is 17.8. The highest BCUT2D eigenvalue weighted by molar-refractivity contribution is 5.65. The number of rotatable bonds is 10. The molecule has 0 aromatic heterocycles. The first-order chi connectivity index (χ1) is 15.1. The summed E-state index contributed by atoms with van der Waals surface area (Å²) in [6.45, 7) is 4.32. The van der Waals surface area contributed by atoms with Crippen molar-refractivity contribution in [1.82, 2.24) is 0 Å². The summed E-state index contributed by atoms with van der Waals surface area (Å²) in [5.41, 5.74) is 4.33. The van der Waals surface area contributed by atoms with Crippen molar-refractivity contribution < 1.29 is 8.78 Å². The molecule has 0 amide bonds. The van der Waals surface area contributed by atoms with E-state index in [2.05, 4.69) is 32.1 Å². The molecule has 2 aromatic rings. The molecule has 0 fully saturated rings. The second-order valence-corrected chi connectivity index (χ2v) is 8.77. The lowest BCUT2D eigenvalue weighted by Crippen LogP contribution is -2.03. The van der Waals surface area contributed by atoms with Gasteiger partial charge in [0.2, 0.25) is 0 Å². The zero-order valence-electron chi connectivity index (χ0n) is 19.1. The van der Waals surface area contributed by atoms with Gasteiger partial charge in [-0.3, -0.25) is 0 Å². The third-order valence-electron chi connectivity index (χ3n) is 6.47. The van der Waals surface area contributed by atoms with Crippen molar-refractivity contribution in [2.45, 2.75) is 78.1 Å². The van der Waals surface area contributed by atoms with E-state index in [4.69, 9.17) is 0 Å². The lowest BCUT2D eigenvalue weighted by molar-refractivity contribution is 0.501. The monoisotopic (exact) mass is 422 g/mol. The van der Waals surface area contributed by atoms with Crippen LogP contribution in [-0.4, -0.2) is 0 Å².